The van der Waals surface area contributed by atoms with Gasteiger partial charge in [0.25, 0.3) is 5.56 Å². The van der Waals surface area contributed by atoms with Crippen LogP contribution in [0.2, 0.25) is 0 Å². The molecule has 0 aliphatic rings. The number of nitrogens with one attached hydrogen (secondary N) is 2. The predicted molar refractivity (Wildman–Crippen MR) is 96.7 cm³/mol. The maximum absolute atomic E-state index is 11.8. The number of aromatic hydroxyl groups is 1. The number of H-pyrrole nitrogens is 2. The molecule has 0 saturated carbocycles. The smallest absolute Gasteiger partial charge is 0.338 e. The second-order valence-corrected chi connectivity index (χ2v) is 6.25. The van der Waals surface area contributed by atoms with E-state index in [2.05, 4.69) is 19.9 Å². The van der Waals surface area contributed by atoms with Crippen LogP contribution >= 0.6 is 23.6 Å². The Kier molecular flexibility index (Phi) is 4.72. The lowest BCUT2D eigenvalue weighted by Crippen LogP contribution is -2.13. The summed E-state index contributed by atoms with van der Waals surface area (Å²) in [5, 5.41) is 10.1. The van der Waals surface area contributed by atoms with Crippen LogP contribution in [0.5, 0.6) is 5.88 Å². The van der Waals surface area contributed by atoms with Gasteiger partial charge < -0.3 is 14.8 Å². The summed E-state index contributed by atoms with van der Waals surface area (Å²) in [5.74, 6) is -0.776. The number of nitrogens with zero attached hydrogens (tertiary/aromatic N) is 2. The van der Waals surface area contributed by atoms with Crippen LogP contribution in [-0.4, -0.2) is 38.8 Å². The topological polar surface area (TPSA) is 120 Å². The summed E-state index contributed by atoms with van der Waals surface area (Å²) in [6.07, 6.45) is 1.20. The molecule has 0 unspecified atom stereocenters. The van der Waals surface area contributed by atoms with Crippen molar-refractivity contribution in [2.45, 2.75) is 6.92 Å². The van der Waals surface area contributed by atoms with Gasteiger partial charge in [0, 0.05) is 6.21 Å². The first-order valence-corrected chi connectivity index (χ1v) is 8.37. The number of fused-ring (bicyclic) bond motifs is 1. The van der Waals surface area contributed by atoms with Gasteiger partial charge in [-0.05, 0) is 37.3 Å². The van der Waals surface area contributed by atoms with E-state index in [1.165, 1.54) is 17.6 Å². The maximum atomic E-state index is 11.8. The molecule has 1 aromatic carbocycles. The van der Waals surface area contributed by atoms with Gasteiger partial charge in [0.1, 0.15) is 5.56 Å². The first-order valence-electron chi connectivity index (χ1n) is 7.15. The largest absolute Gasteiger partial charge is 0.494 e. The summed E-state index contributed by atoms with van der Waals surface area (Å²) in [7, 11) is 0. The summed E-state index contributed by atoms with van der Waals surface area (Å²) in [6.45, 7) is 2.04. The molecule has 10 heteroatoms. The summed E-state index contributed by atoms with van der Waals surface area (Å²) in [6, 6.07) is 5.00. The van der Waals surface area contributed by atoms with Crippen molar-refractivity contribution < 1.29 is 14.6 Å². The van der Waals surface area contributed by atoms with E-state index in [1.807, 2.05) is 0 Å². The molecule has 25 heavy (non-hydrogen) atoms. The van der Waals surface area contributed by atoms with Crippen LogP contribution in [0.4, 0.5) is 5.13 Å². The Morgan fingerprint density at radius 1 is 1.48 bits per heavy atom. The number of hydrogen-bond acceptors (Lipinski definition) is 8. The quantitative estimate of drug-likeness (QED) is 0.366. The number of aromatic nitrogens is 3. The number of carbonyl (C=O) groups excluding carboxylic acids is 1. The van der Waals surface area contributed by atoms with Crippen LogP contribution in [0.1, 0.15) is 22.8 Å². The van der Waals surface area contributed by atoms with Crippen LogP contribution in [0.15, 0.2) is 28.0 Å². The molecular formula is C15H12N4O4S2. The minimum Gasteiger partial charge on any atom is -0.494 e. The molecule has 0 aliphatic heterocycles. The van der Waals surface area contributed by atoms with Gasteiger partial charge in [0.05, 0.1) is 22.4 Å². The summed E-state index contributed by atoms with van der Waals surface area (Å²) >= 11 is 6.00. The highest BCUT2D eigenvalue weighted by molar-refractivity contribution is 7.71. The summed E-state index contributed by atoms with van der Waals surface area (Å²) < 4.78 is 5.74. The minimum absolute atomic E-state index is 0.0196. The van der Waals surface area contributed by atoms with Gasteiger partial charge >= 0.3 is 5.97 Å². The molecule has 0 bridgehead atoms. The Bertz CT molecular complexity index is 1100. The third kappa shape index (κ3) is 3.64. The average Bonchev–Trinajstić information content (AvgIpc) is 2.95. The molecule has 3 aromatic rings. The van der Waals surface area contributed by atoms with E-state index in [0.29, 0.717) is 22.8 Å². The zero-order valence-electron chi connectivity index (χ0n) is 12.9. The monoisotopic (exact) mass is 376 g/mol. The van der Waals surface area contributed by atoms with Crippen molar-refractivity contribution >= 4 is 51.1 Å². The summed E-state index contributed by atoms with van der Waals surface area (Å²) in [4.78, 5) is 36.7. The van der Waals surface area contributed by atoms with Crippen molar-refractivity contribution in [1.82, 2.24) is 15.0 Å². The van der Waals surface area contributed by atoms with E-state index in [9.17, 15) is 14.7 Å². The predicted octanol–water partition coefficient (Wildman–Crippen LogP) is 2.68. The molecule has 0 aliphatic carbocycles. The zero-order chi connectivity index (χ0) is 18.0. The third-order valence-corrected chi connectivity index (χ3v) is 4.28. The van der Waals surface area contributed by atoms with Crippen LogP contribution < -0.4 is 5.56 Å². The number of thiazole rings is 1. The Balaban J connectivity index is 1.94. The van der Waals surface area contributed by atoms with Gasteiger partial charge in [-0.25, -0.2) is 14.8 Å². The van der Waals surface area contributed by atoms with Crippen molar-refractivity contribution in [2.75, 3.05) is 6.61 Å². The Morgan fingerprint density at radius 3 is 3.00 bits per heavy atom. The van der Waals surface area contributed by atoms with E-state index in [4.69, 9.17) is 17.0 Å². The van der Waals surface area contributed by atoms with Crippen molar-refractivity contribution in [3.63, 3.8) is 0 Å². The molecule has 0 radical (unpaired) electrons. The van der Waals surface area contributed by atoms with Crippen LogP contribution in [0, 0.1) is 4.77 Å². The van der Waals surface area contributed by atoms with Crippen LogP contribution in [0.25, 0.3) is 10.2 Å². The van der Waals surface area contributed by atoms with Gasteiger partial charge in [0.2, 0.25) is 11.0 Å². The molecule has 0 fully saturated rings. The lowest BCUT2D eigenvalue weighted by Gasteiger charge is -2.00. The standard InChI is InChI=1S/C15H12N4O4S2/c1-2-23-13(22)7-3-4-9-10(5-7)25-15(17-9)16-6-8-11(20)18-14(24)19-12(8)21/h3-6H,2H2,1H3,(H3,18,19,20,21,24)/b16-6+. The molecule has 0 atom stereocenters. The number of hydrogen-bond donors (Lipinski definition) is 3. The summed E-state index contributed by atoms with van der Waals surface area (Å²) in [5.41, 5.74) is 0.477. The van der Waals surface area contributed by atoms with E-state index < -0.39 is 11.5 Å². The fourth-order valence-electron chi connectivity index (χ4n) is 2.03. The fourth-order valence-corrected chi connectivity index (χ4v) is 3.07. The number of ether oxygens (including phenoxy) is 1. The first kappa shape index (κ1) is 17.0. The first-order chi connectivity index (χ1) is 12.0. The molecule has 3 N–H and O–H groups in total. The zero-order valence-corrected chi connectivity index (χ0v) is 14.5. The molecule has 3 rings (SSSR count). The van der Waals surface area contributed by atoms with E-state index in [0.717, 1.165) is 4.70 Å². The van der Waals surface area contributed by atoms with Gasteiger partial charge in [-0.2, -0.15) is 0 Å². The van der Waals surface area contributed by atoms with Gasteiger partial charge in [-0.15, -0.1) is 0 Å². The number of benzene rings is 1. The van der Waals surface area contributed by atoms with E-state index in [1.54, 1.807) is 25.1 Å². The SMILES string of the molecule is CCOC(=O)c1ccc2nc(/N=C/c3c(O)[nH]c(=S)[nH]c3=O)sc2c1. The molecule has 0 amide bonds. The number of carbonyl (C=O) groups is 1. The molecular weight excluding hydrogens is 364 g/mol. The van der Waals surface area contributed by atoms with Gasteiger partial charge in [-0.1, -0.05) is 11.3 Å². The number of aromatic amines is 2. The lowest BCUT2D eigenvalue weighted by atomic mass is 10.2. The van der Waals surface area contributed by atoms with Crippen molar-refractivity contribution in [3.05, 3.63) is 44.5 Å². The second kappa shape index (κ2) is 6.95. The van der Waals surface area contributed by atoms with Gasteiger partial charge in [-0.3, -0.25) is 9.78 Å². The van der Waals surface area contributed by atoms with Crippen molar-refractivity contribution in [3.8, 4) is 5.88 Å². The number of esters is 1. The molecule has 2 aromatic heterocycles. The molecule has 0 saturated heterocycles. The molecule has 0 spiro atoms. The maximum Gasteiger partial charge on any atom is 0.338 e. The molecule has 128 valence electrons. The molecule has 2 heterocycles. The third-order valence-electron chi connectivity index (χ3n) is 3.15. The highest BCUT2D eigenvalue weighted by atomic mass is 32.1. The van der Waals surface area contributed by atoms with E-state index >= 15 is 0 Å². The normalized spacial score (nSPS) is 11.2. The fraction of sp³-hybridized carbons (Fsp3) is 0.133. The van der Waals surface area contributed by atoms with Gasteiger partial charge in [0.15, 0.2) is 4.77 Å². The highest BCUT2D eigenvalue weighted by Crippen LogP contribution is 2.29. The lowest BCUT2D eigenvalue weighted by molar-refractivity contribution is 0.0526. The Hall–Kier alpha value is -2.85. The Morgan fingerprint density at radius 2 is 2.28 bits per heavy atom. The second-order valence-electron chi connectivity index (χ2n) is 4.83. The molecule has 8 nitrogen and oxygen atoms in total. The van der Waals surface area contributed by atoms with Crippen LogP contribution in [0.3, 0.4) is 0 Å². The average molecular weight is 376 g/mol. The van der Waals surface area contributed by atoms with E-state index in [-0.39, 0.29) is 16.2 Å². The Labute approximate surface area is 149 Å². The number of aliphatic imine (C=N–C) groups is 1. The minimum atomic E-state index is -0.560. The van der Waals surface area contributed by atoms with Crippen LogP contribution in [-0.2, 0) is 4.74 Å². The van der Waals surface area contributed by atoms with Crippen molar-refractivity contribution in [1.29, 1.82) is 0 Å². The number of rotatable bonds is 4. The van der Waals surface area contributed by atoms with Crippen molar-refractivity contribution in [2.24, 2.45) is 4.99 Å². The highest BCUT2D eigenvalue weighted by Gasteiger charge is 2.10.